The predicted octanol–water partition coefficient (Wildman–Crippen LogP) is 3.82. The molecule has 0 aliphatic carbocycles. The lowest BCUT2D eigenvalue weighted by molar-refractivity contribution is 0.521. The van der Waals surface area contributed by atoms with Gasteiger partial charge in [-0.15, -0.1) is 0 Å². The third kappa shape index (κ3) is 3.79. The molecule has 0 saturated heterocycles. The third-order valence-electron chi connectivity index (χ3n) is 5.71. The van der Waals surface area contributed by atoms with Crippen LogP contribution in [0.25, 0.3) is 11.6 Å². The van der Waals surface area contributed by atoms with Gasteiger partial charge in [0.1, 0.15) is 23.3 Å². The van der Waals surface area contributed by atoms with Gasteiger partial charge in [0.15, 0.2) is 10.7 Å². The Hall–Kier alpha value is -3.93. The minimum absolute atomic E-state index is 0.105. The zero-order chi connectivity index (χ0) is 24.9. The van der Waals surface area contributed by atoms with Crippen LogP contribution >= 0.6 is 0 Å². The van der Waals surface area contributed by atoms with E-state index >= 15 is 4.39 Å². The van der Waals surface area contributed by atoms with Gasteiger partial charge in [0.05, 0.1) is 12.2 Å². The van der Waals surface area contributed by atoms with E-state index < -0.39 is 38.1 Å². The molecule has 8 nitrogen and oxygen atoms in total. The van der Waals surface area contributed by atoms with Crippen LogP contribution in [0.15, 0.2) is 46.4 Å². The zero-order valence-electron chi connectivity index (χ0n) is 18.6. The largest absolute Gasteiger partial charge is 0.357 e. The van der Waals surface area contributed by atoms with Gasteiger partial charge in [0.2, 0.25) is 5.95 Å². The molecule has 5 rings (SSSR count). The van der Waals surface area contributed by atoms with Gasteiger partial charge in [-0.1, -0.05) is 12.1 Å². The Morgan fingerprint density at radius 1 is 1.09 bits per heavy atom. The van der Waals surface area contributed by atoms with Crippen molar-refractivity contribution in [1.82, 2.24) is 9.97 Å². The number of fused-ring (bicyclic) bond motifs is 3. The lowest BCUT2D eigenvalue weighted by Crippen LogP contribution is -2.33. The van der Waals surface area contributed by atoms with Crippen LogP contribution in [0, 0.1) is 24.4 Å². The maximum absolute atomic E-state index is 15.8. The van der Waals surface area contributed by atoms with Crippen LogP contribution in [0.3, 0.4) is 0 Å². The average molecular weight is 501 g/mol. The molecule has 0 saturated carbocycles. The van der Waals surface area contributed by atoms with Crippen molar-refractivity contribution in [3.05, 3.63) is 70.7 Å². The van der Waals surface area contributed by atoms with Crippen LogP contribution in [0.1, 0.15) is 16.7 Å². The molecule has 0 atom stereocenters. The number of rotatable bonds is 5. The van der Waals surface area contributed by atoms with E-state index in [9.17, 15) is 17.2 Å². The number of hydrogen-bond donors (Lipinski definition) is 2. The van der Waals surface area contributed by atoms with Crippen molar-refractivity contribution in [3.63, 3.8) is 0 Å². The van der Waals surface area contributed by atoms with E-state index in [0.29, 0.717) is 47.4 Å². The average Bonchev–Trinajstić information content (AvgIpc) is 3.31. The molecule has 3 aromatic rings. The van der Waals surface area contributed by atoms with Gasteiger partial charge in [-0.2, -0.15) is 4.98 Å². The molecule has 0 fully saturated rings. The molecule has 0 bridgehead atoms. The fraction of sp³-hybridized carbons (Fsp3) is 0.174. The van der Waals surface area contributed by atoms with E-state index in [0.717, 1.165) is 18.2 Å². The van der Waals surface area contributed by atoms with Gasteiger partial charge in [0.25, 0.3) is 10.0 Å². The molecule has 12 heteroatoms. The molecule has 2 aliphatic heterocycles. The van der Waals surface area contributed by atoms with Crippen molar-refractivity contribution in [2.24, 2.45) is 4.99 Å². The summed E-state index contributed by atoms with van der Waals surface area (Å²) in [5.74, 6) is -1.94. The smallest absolute Gasteiger partial charge is 0.267 e. The number of hydrogen-bond acceptors (Lipinski definition) is 7. The second kappa shape index (κ2) is 8.38. The van der Waals surface area contributed by atoms with Crippen LogP contribution in [0.2, 0.25) is 0 Å². The van der Waals surface area contributed by atoms with Gasteiger partial charge < -0.3 is 10.2 Å². The maximum Gasteiger partial charge on any atom is 0.267 e. The van der Waals surface area contributed by atoms with Crippen molar-refractivity contribution in [2.45, 2.75) is 11.8 Å². The number of aryl methyl sites for hydroxylation is 1. The Kier molecular flexibility index (Phi) is 5.47. The summed E-state index contributed by atoms with van der Waals surface area (Å²) in [5.41, 5.74) is 1.22. The summed E-state index contributed by atoms with van der Waals surface area (Å²) in [6, 6.07) is 5.39. The fourth-order valence-electron chi connectivity index (χ4n) is 4.13. The first kappa shape index (κ1) is 22.8. The Morgan fingerprint density at radius 2 is 1.83 bits per heavy atom. The fourth-order valence-corrected chi connectivity index (χ4v) is 5.32. The third-order valence-corrected chi connectivity index (χ3v) is 7.12. The minimum atomic E-state index is -4.76. The molecule has 0 spiro atoms. The summed E-state index contributed by atoms with van der Waals surface area (Å²) in [5, 5.41) is 2.88. The normalized spacial score (nSPS) is 14.7. The highest BCUT2D eigenvalue weighted by molar-refractivity contribution is 7.92. The van der Waals surface area contributed by atoms with Gasteiger partial charge in [0, 0.05) is 36.5 Å². The minimum Gasteiger partial charge on any atom is -0.357 e. The van der Waals surface area contributed by atoms with Gasteiger partial charge in [-0.05, 0) is 36.8 Å². The molecule has 1 aromatic heterocycles. The summed E-state index contributed by atoms with van der Waals surface area (Å²) >= 11 is 0. The van der Waals surface area contributed by atoms with Crippen LogP contribution in [-0.2, 0) is 10.0 Å². The lowest BCUT2D eigenvalue weighted by Gasteiger charge is -2.28. The highest BCUT2D eigenvalue weighted by Gasteiger charge is 2.33. The first-order valence-corrected chi connectivity index (χ1v) is 12.0. The quantitative estimate of drug-likeness (QED) is 0.553. The first-order valence-electron chi connectivity index (χ1n) is 10.6. The topological polar surface area (TPSA) is 99.6 Å². The molecule has 2 aromatic carbocycles. The molecule has 2 N–H and O–H groups in total. The van der Waals surface area contributed by atoms with Gasteiger partial charge in [-0.3, -0.25) is 9.71 Å². The van der Waals surface area contributed by atoms with Crippen molar-refractivity contribution in [1.29, 1.82) is 0 Å². The van der Waals surface area contributed by atoms with E-state index in [1.165, 1.54) is 12.1 Å². The summed E-state index contributed by atoms with van der Waals surface area (Å²) in [6.07, 6.45) is 3.29. The first-order chi connectivity index (χ1) is 16.7. The molecule has 0 amide bonds. The van der Waals surface area contributed by atoms with Crippen molar-refractivity contribution < 1.29 is 21.6 Å². The van der Waals surface area contributed by atoms with Crippen LogP contribution in [0.5, 0.6) is 0 Å². The number of sulfonamides is 1. The van der Waals surface area contributed by atoms with Crippen LogP contribution in [-0.4, -0.2) is 44.4 Å². The van der Waals surface area contributed by atoms with E-state index in [-0.39, 0.29) is 5.56 Å². The second-order valence-electron chi connectivity index (χ2n) is 7.91. The van der Waals surface area contributed by atoms with Crippen LogP contribution in [0.4, 0.5) is 30.6 Å². The molecule has 35 heavy (non-hydrogen) atoms. The predicted molar refractivity (Wildman–Crippen MR) is 127 cm³/mol. The Morgan fingerprint density at radius 3 is 2.54 bits per heavy atom. The maximum atomic E-state index is 15.8. The zero-order valence-corrected chi connectivity index (χ0v) is 19.4. The monoisotopic (exact) mass is 500 g/mol. The van der Waals surface area contributed by atoms with Crippen LogP contribution < -0.4 is 14.9 Å². The van der Waals surface area contributed by atoms with Crippen molar-refractivity contribution >= 4 is 45.0 Å². The summed E-state index contributed by atoms with van der Waals surface area (Å²) in [6.45, 7) is 2.66. The summed E-state index contributed by atoms with van der Waals surface area (Å²) < 4.78 is 71.6. The molecule has 3 heterocycles. The number of aliphatic imine (C=N–C) groups is 1. The van der Waals surface area contributed by atoms with E-state index in [1.54, 1.807) is 26.2 Å². The number of benzene rings is 2. The number of aromatic nitrogens is 2. The Balaban J connectivity index is 1.62. The lowest BCUT2D eigenvalue weighted by atomic mass is 9.94. The molecular formula is C23H19F3N6O2S. The van der Waals surface area contributed by atoms with Gasteiger partial charge in [-0.25, -0.2) is 26.6 Å². The summed E-state index contributed by atoms with van der Waals surface area (Å²) in [4.78, 5) is 13.9. The second-order valence-corrected chi connectivity index (χ2v) is 9.53. The van der Waals surface area contributed by atoms with E-state index in [1.807, 2.05) is 9.62 Å². The number of amidine groups is 1. The highest BCUT2D eigenvalue weighted by atomic mass is 32.2. The van der Waals surface area contributed by atoms with Crippen molar-refractivity contribution in [3.8, 4) is 0 Å². The summed E-state index contributed by atoms with van der Waals surface area (Å²) in [7, 11) is -3.06. The highest BCUT2D eigenvalue weighted by Crippen LogP contribution is 2.39. The number of nitrogens with one attached hydrogen (secondary N) is 2. The Bertz CT molecular complexity index is 1520. The molecule has 0 unspecified atom stereocenters. The van der Waals surface area contributed by atoms with Gasteiger partial charge >= 0.3 is 0 Å². The number of halogens is 3. The van der Waals surface area contributed by atoms with E-state index in [2.05, 4.69) is 20.3 Å². The molecule has 0 radical (unpaired) electrons. The van der Waals surface area contributed by atoms with E-state index in [4.69, 9.17) is 0 Å². The Labute approximate surface area is 199 Å². The van der Waals surface area contributed by atoms with Crippen molar-refractivity contribution in [2.75, 3.05) is 35.1 Å². The standard InChI is InChI=1S/C23H19F3N6O2S/c1-12-6-7-17(31-35(33,34)20-15(24)4-3-5-16(20)25)19(26)18(12)14-10-13-11-29-23(27-2)30-21(13)32-9-8-28-22(14)32/h3-7,10-11,31H,8-9H2,1-2H3,(H,27,29,30). The molecule has 2 aliphatic rings. The SMILES string of the molecule is CNc1ncc2c(n1)N1CCN=C1C(c1c(C)ccc(NS(=O)(=O)c3c(F)cccc3F)c1F)=C2. The number of anilines is 3. The molecule has 180 valence electrons. The molecular weight excluding hydrogens is 481 g/mol. The number of nitrogens with zero attached hydrogens (tertiary/aromatic N) is 4.